The Hall–Kier alpha value is -5.95. The van der Waals surface area contributed by atoms with Gasteiger partial charge in [-0.05, 0) is 49.3 Å². The molecule has 0 spiro atoms. The number of benzene rings is 2. The van der Waals surface area contributed by atoms with Crippen molar-refractivity contribution in [2.45, 2.75) is 102 Å². The van der Waals surface area contributed by atoms with Gasteiger partial charge in [-0.3, -0.25) is 33.6 Å². The number of carboxylic acids is 2. The topological polar surface area (TPSA) is 282 Å². The molecule has 1 aliphatic heterocycles. The van der Waals surface area contributed by atoms with Crippen molar-refractivity contribution in [3.63, 3.8) is 0 Å². The molecule has 1 saturated heterocycles. The number of fused-ring (bicyclic) bond motifs is 1. The van der Waals surface area contributed by atoms with Gasteiger partial charge in [-0.1, -0.05) is 62.4 Å². The van der Waals surface area contributed by atoms with Gasteiger partial charge in [-0.15, -0.1) is 0 Å². The molecule has 0 radical (unpaired) electrons. The van der Waals surface area contributed by atoms with Gasteiger partial charge in [-0.2, -0.15) is 12.6 Å². The Morgan fingerprint density at radius 3 is 2.02 bits per heavy atom. The van der Waals surface area contributed by atoms with Gasteiger partial charge in [0, 0.05) is 42.2 Å². The van der Waals surface area contributed by atoms with E-state index in [0.717, 1.165) is 15.8 Å². The summed E-state index contributed by atoms with van der Waals surface area (Å²) in [6, 6.07) is 7.31. The number of likely N-dealkylation sites (tertiary alicyclic amines) is 1. The standard InChI is InChI=1S/C41H54N8O10S/c1-22(2)16-27(42)36(53)45-29(17-24-10-5-4-6-11-24)37(54)46-30(18-25-20-43-28-13-8-7-12-26(25)28)38(55)47-31(19-34(50)51)40(57)49-15-9-14-33(49)39(56)44-23(3)35(52)48-32(21-60)41(58)59/h4-8,10-13,20,22-23,27,29-33,43,60H,9,14-19,21,42H2,1-3H3,(H,44,56)(H,45,53)(H,46,54)(H,47,55)(H,48,52)(H,50,51)(H,58,59)/t23-,27-,29-,30-,31-,32-,33-/m0/s1. The van der Waals surface area contributed by atoms with Crippen LogP contribution in [0.15, 0.2) is 60.8 Å². The number of thiol groups is 1. The van der Waals surface area contributed by atoms with Crippen LogP contribution in [0.25, 0.3) is 10.9 Å². The minimum absolute atomic E-state index is 0.0273. The number of aromatic nitrogens is 1. The summed E-state index contributed by atoms with van der Waals surface area (Å²) in [7, 11) is 0. The Kier molecular flexibility index (Phi) is 17.0. The Bertz CT molecular complexity index is 2030. The fourth-order valence-corrected chi connectivity index (χ4v) is 7.21. The number of carbonyl (C=O) groups excluding carboxylic acids is 6. The van der Waals surface area contributed by atoms with Crippen molar-refractivity contribution in [1.29, 1.82) is 0 Å². The highest BCUT2D eigenvalue weighted by Gasteiger charge is 2.40. The van der Waals surface area contributed by atoms with Crippen LogP contribution in [0, 0.1) is 5.92 Å². The number of rotatable bonds is 21. The number of carboxylic acid groups (broad SMARTS) is 2. The zero-order chi connectivity index (χ0) is 44.1. The van der Waals surface area contributed by atoms with Crippen molar-refractivity contribution in [3.05, 3.63) is 71.9 Å². The van der Waals surface area contributed by atoms with Crippen molar-refractivity contribution in [1.82, 2.24) is 36.5 Å². The van der Waals surface area contributed by atoms with Crippen molar-refractivity contribution < 1.29 is 48.6 Å². The van der Waals surface area contributed by atoms with Gasteiger partial charge >= 0.3 is 11.9 Å². The summed E-state index contributed by atoms with van der Waals surface area (Å²) in [4.78, 5) is 110. The molecule has 1 aliphatic rings. The highest BCUT2D eigenvalue weighted by molar-refractivity contribution is 7.80. The minimum atomic E-state index is -1.69. The molecule has 0 aliphatic carbocycles. The molecule has 7 atom stereocenters. The molecule has 0 bridgehead atoms. The lowest BCUT2D eigenvalue weighted by molar-refractivity contribution is -0.146. The first kappa shape index (κ1) is 46.7. The number of carbonyl (C=O) groups is 8. The number of H-pyrrole nitrogens is 1. The molecule has 19 heteroatoms. The van der Waals surface area contributed by atoms with E-state index in [1.54, 1.807) is 42.6 Å². The van der Waals surface area contributed by atoms with Crippen LogP contribution in [0.5, 0.6) is 0 Å². The molecule has 2 heterocycles. The second-order valence-corrected chi connectivity index (χ2v) is 15.6. The normalized spacial score (nSPS) is 16.8. The Morgan fingerprint density at radius 2 is 1.38 bits per heavy atom. The van der Waals surface area contributed by atoms with E-state index in [9.17, 15) is 48.6 Å². The second-order valence-electron chi connectivity index (χ2n) is 15.3. The first-order valence-electron chi connectivity index (χ1n) is 19.7. The fraction of sp³-hybridized carbons (Fsp3) is 0.463. The molecule has 0 unspecified atom stereocenters. The van der Waals surface area contributed by atoms with Crippen molar-refractivity contribution in [2.24, 2.45) is 11.7 Å². The molecule has 4 rings (SSSR count). The Morgan fingerprint density at radius 1 is 0.783 bits per heavy atom. The molecule has 1 aromatic heterocycles. The lowest BCUT2D eigenvalue weighted by Gasteiger charge is -2.30. The van der Waals surface area contributed by atoms with E-state index in [2.05, 4.69) is 44.2 Å². The van der Waals surface area contributed by atoms with Gasteiger partial charge in [0.25, 0.3) is 0 Å². The predicted octanol–water partition coefficient (Wildman–Crippen LogP) is 0.251. The number of nitrogens with zero attached hydrogens (tertiary/aromatic N) is 1. The largest absolute Gasteiger partial charge is 0.481 e. The average Bonchev–Trinajstić information content (AvgIpc) is 3.86. The number of aromatic amines is 1. The number of hydrogen-bond donors (Lipinski definition) is 10. The average molecular weight is 851 g/mol. The van der Waals surface area contributed by atoms with Crippen LogP contribution in [0.3, 0.4) is 0 Å². The maximum absolute atomic E-state index is 14.3. The molecule has 1 fully saturated rings. The van der Waals surface area contributed by atoms with E-state index < -0.39 is 96.1 Å². The van der Waals surface area contributed by atoms with Crippen LogP contribution in [0.2, 0.25) is 0 Å². The number of nitrogens with one attached hydrogen (secondary N) is 6. The van der Waals surface area contributed by atoms with E-state index in [1.807, 2.05) is 32.0 Å². The number of hydrogen-bond acceptors (Lipinski definition) is 10. The van der Waals surface area contributed by atoms with Crippen LogP contribution in [0.1, 0.15) is 57.6 Å². The maximum Gasteiger partial charge on any atom is 0.327 e. The van der Waals surface area contributed by atoms with Crippen molar-refractivity contribution in [2.75, 3.05) is 12.3 Å². The first-order valence-corrected chi connectivity index (χ1v) is 20.3. The third-order valence-corrected chi connectivity index (χ3v) is 10.5. The maximum atomic E-state index is 14.3. The number of amides is 6. The molecule has 3 aromatic rings. The lowest BCUT2D eigenvalue weighted by atomic mass is 10.00. The van der Waals surface area contributed by atoms with Crippen LogP contribution in [0.4, 0.5) is 0 Å². The Balaban J connectivity index is 1.59. The second kappa shape index (κ2) is 21.9. The van der Waals surface area contributed by atoms with Gasteiger partial charge in [0.1, 0.15) is 36.3 Å². The molecular formula is C41H54N8O10S. The minimum Gasteiger partial charge on any atom is -0.481 e. The van der Waals surface area contributed by atoms with Crippen LogP contribution >= 0.6 is 12.6 Å². The number of para-hydroxylation sites is 1. The SMILES string of the molecule is CC(C)C[C@H](N)C(=O)N[C@@H](Cc1ccccc1)C(=O)N[C@@H](Cc1c[nH]c2ccccc12)C(=O)N[C@@H](CC(=O)O)C(=O)N1CCC[C@H]1C(=O)N[C@@H](C)C(=O)N[C@@H](CS)C(=O)O. The van der Waals surface area contributed by atoms with Crippen LogP contribution in [-0.2, 0) is 51.2 Å². The van der Waals surface area contributed by atoms with Gasteiger partial charge in [0.05, 0.1) is 12.5 Å². The quantitative estimate of drug-likeness (QED) is 0.0649. The fourth-order valence-electron chi connectivity index (χ4n) is 6.96. The molecule has 2 aromatic carbocycles. The Labute approximate surface area is 352 Å². The first-order chi connectivity index (χ1) is 28.5. The van der Waals surface area contributed by atoms with Crippen molar-refractivity contribution >= 4 is 70.9 Å². The van der Waals surface area contributed by atoms with E-state index in [0.29, 0.717) is 24.0 Å². The molecule has 0 saturated carbocycles. The zero-order valence-electron chi connectivity index (χ0n) is 33.7. The van der Waals surface area contributed by atoms with Gasteiger partial charge in [0.2, 0.25) is 35.4 Å². The summed E-state index contributed by atoms with van der Waals surface area (Å²) >= 11 is 3.92. The third-order valence-electron chi connectivity index (χ3n) is 10.1. The van der Waals surface area contributed by atoms with Crippen LogP contribution < -0.4 is 32.3 Å². The van der Waals surface area contributed by atoms with Gasteiger partial charge in [-0.25, -0.2) is 4.79 Å². The van der Waals surface area contributed by atoms with E-state index >= 15 is 0 Å². The smallest absolute Gasteiger partial charge is 0.327 e. The molecule has 18 nitrogen and oxygen atoms in total. The molecule has 6 amide bonds. The van der Waals surface area contributed by atoms with Crippen molar-refractivity contribution in [3.8, 4) is 0 Å². The number of aliphatic carboxylic acids is 2. The summed E-state index contributed by atoms with van der Waals surface area (Å²) in [6.45, 7) is 5.17. The molecule has 10 N–H and O–H groups in total. The zero-order valence-corrected chi connectivity index (χ0v) is 34.6. The molecular weight excluding hydrogens is 797 g/mol. The van der Waals surface area contributed by atoms with Gasteiger partial charge < -0.3 is 52.4 Å². The highest BCUT2D eigenvalue weighted by atomic mass is 32.1. The highest BCUT2D eigenvalue weighted by Crippen LogP contribution is 2.22. The summed E-state index contributed by atoms with van der Waals surface area (Å²) in [5.41, 5.74) is 8.24. The van der Waals surface area contributed by atoms with Crippen LogP contribution in [-0.4, -0.2) is 122 Å². The predicted molar refractivity (Wildman–Crippen MR) is 223 cm³/mol. The van der Waals surface area contributed by atoms with Gasteiger partial charge in [0.15, 0.2) is 0 Å². The third kappa shape index (κ3) is 13.0. The summed E-state index contributed by atoms with van der Waals surface area (Å²) in [5.74, 6) is -7.49. The monoisotopic (exact) mass is 850 g/mol. The molecule has 60 heavy (non-hydrogen) atoms. The summed E-state index contributed by atoms with van der Waals surface area (Å²) < 4.78 is 0. The van der Waals surface area contributed by atoms with E-state index in [-0.39, 0.29) is 37.5 Å². The number of nitrogens with two attached hydrogens (primary N) is 1. The van der Waals surface area contributed by atoms with E-state index in [4.69, 9.17) is 5.73 Å². The lowest BCUT2D eigenvalue weighted by Crippen LogP contribution is -2.60. The summed E-state index contributed by atoms with van der Waals surface area (Å²) in [5, 5.41) is 32.6. The summed E-state index contributed by atoms with van der Waals surface area (Å²) in [6.07, 6.45) is 1.58. The van der Waals surface area contributed by atoms with E-state index in [1.165, 1.54) is 6.92 Å². The molecule has 324 valence electrons.